The molecule has 0 aliphatic rings. The van der Waals surface area contributed by atoms with E-state index >= 15 is 0 Å². The average molecular weight is 129 g/mol. The topological polar surface area (TPSA) is 61.9 Å². The molecule has 0 saturated carbocycles. The molecule has 0 aromatic rings. The fraction of sp³-hybridized carbons (Fsp3) is 0.833. The monoisotopic (exact) mass is 129 g/mol. The van der Waals surface area contributed by atoms with Gasteiger partial charge in [-0.25, -0.2) is 0 Å². The fourth-order valence-corrected chi connectivity index (χ4v) is 0.496. The maximum absolute atomic E-state index is 6.81. The molecule has 54 valence electrons. The summed E-state index contributed by atoms with van der Waals surface area (Å²) in [6.07, 6.45) is 1.07. The molecule has 4 N–H and O–H groups in total. The van der Waals surface area contributed by atoms with Crippen LogP contribution in [-0.4, -0.2) is 12.5 Å². The molecule has 0 unspecified atom stereocenters. The van der Waals surface area contributed by atoms with Crippen molar-refractivity contribution in [1.82, 2.24) is 5.32 Å². The number of hydrogen-bond donors (Lipinski definition) is 3. The second-order valence-electron chi connectivity index (χ2n) is 2.52. The summed E-state index contributed by atoms with van der Waals surface area (Å²) in [5.74, 6) is 0.743. The highest BCUT2D eigenvalue weighted by Gasteiger charge is 1.91. The first-order chi connectivity index (χ1) is 4.13. The van der Waals surface area contributed by atoms with Gasteiger partial charge in [0.1, 0.15) is 0 Å². The number of guanidine groups is 1. The molecule has 0 aliphatic carbocycles. The number of nitrogens with one attached hydrogen (secondary N) is 2. The summed E-state index contributed by atoms with van der Waals surface area (Å²) >= 11 is 0. The molecule has 0 spiro atoms. The molecule has 9 heavy (non-hydrogen) atoms. The number of rotatable bonds is 3. The van der Waals surface area contributed by atoms with Gasteiger partial charge in [0.15, 0.2) is 5.96 Å². The lowest BCUT2D eigenvalue weighted by atomic mass is 10.1. The molecule has 0 aromatic carbocycles. The van der Waals surface area contributed by atoms with Crippen LogP contribution in [0.4, 0.5) is 0 Å². The Labute approximate surface area is 56.1 Å². The second kappa shape index (κ2) is 4.18. The molecule has 3 nitrogen and oxygen atoms in total. The summed E-state index contributed by atoms with van der Waals surface area (Å²) in [6, 6.07) is 0. The first kappa shape index (κ1) is 8.27. The van der Waals surface area contributed by atoms with Crippen molar-refractivity contribution >= 4 is 5.96 Å². The van der Waals surface area contributed by atoms with E-state index in [-0.39, 0.29) is 5.96 Å². The van der Waals surface area contributed by atoms with Crippen molar-refractivity contribution in [3.05, 3.63) is 0 Å². The van der Waals surface area contributed by atoms with Crippen LogP contribution in [0.5, 0.6) is 0 Å². The number of nitrogens with two attached hydrogens (primary N) is 1. The van der Waals surface area contributed by atoms with Crippen LogP contribution in [0, 0.1) is 11.3 Å². The van der Waals surface area contributed by atoms with E-state index in [1.54, 1.807) is 0 Å². The maximum Gasteiger partial charge on any atom is 0.185 e. The van der Waals surface area contributed by atoms with E-state index in [4.69, 9.17) is 11.1 Å². The van der Waals surface area contributed by atoms with Crippen LogP contribution in [-0.2, 0) is 0 Å². The zero-order valence-corrected chi connectivity index (χ0v) is 6.07. The first-order valence-corrected chi connectivity index (χ1v) is 3.21. The van der Waals surface area contributed by atoms with Crippen molar-refractivity contribution in [1.29, 1.82) is 5.41 Å². The van der Waals surface area contributed by atoms with Gasteiger partial charge in [0, 0.05) is 6.54 Å². The van der Waals surface area contributed by atoms with Crippen LogP contribution >= 0.6 is 0 Å². The van der Waals surface area contributed by atoms with E-state index in [0.29, 0.717) is 5.92 Å². The SMILES string of the molecule is CC(C)CCNC(=N)N. The molecule has 0 radical (unpaired) electrons. The lowest BCUT2D eigenvalue weighted by molar-refractivity contribution is 0.576. The lowest BCUT2D eigenvalue weighted by Crippen LogP contribution is -2.31. The Bertz CT molecular complexity index is 88.3. The number of hydrogen-bond acceptors (Lipinski definition) is 1. The largest absolute Gasteiger partial charge is 0.370 e. The van der Waals surface area contributed by atoms with Gasteiger partial charge in [-0.2, -0.15) is 0 Å². The molecule has 0 bridgehead atoms. The van der Waals surface area contributed by atoms with E-state index in [1.807, 2.05) is 0 Å². The Balaban J connectivity index is 3.01. The molecular weight excluding hydrogens is 114 g/mol. The third kappa shape index (κ3) is 7.27. The summed E-state index contributed by atoms with van der Waals surface area (Å²) in [5, 5.41) is 9.54. The van der Waals surface area contributed by atoms with Gasteiger partial charge in [-0.1, -0.05) is 13.8 Å². The maximum atomic E-state index is 6.81. The molecule has 3 heteroatoms. The molecule has 0 amide bonds. The van der Waals surface area contributed by atoms with Crippen molar-refractivity contribution in [2.75, 3.05) is 6.54 Å². The summed E-state index contributed by atoms with van der Waals surface area (Å²) in [4.78, 5) is 0. The smallest absolute Gasteiger partial charge is 0.185 e. The van der Waals surface area contributed by atoms with E-state index in [0.717, 1.165) is 13.0 Å². The van der Waals surface area contributed by atoms with Crippen LogP contribution in [0.15, 0.2) is 0 Å². The van der Waals surface area contributed by atoms with Gasteiger partial charge in [0.25, 0.3) is 0 Å². The first-order valence-electron chi connectivity index (χ1n) is 3.21. The zero-order chi connectivity index (χ0) is 7.28. The van der Waals surface area contributed by atoms with Gasteiger partial charge in [-0.05, 0) is 12.3 Å². The van der Waals surface area contributed by atoms with Gasteiger partial charge in [0.2, 0.25) is 0 Å². The van der Waals surface area contributed by atoms with Crippen molar-refractivity contribution < 1.29 is 0 Å². The highest BCUT2D eigenvalue weighted by Crippen LogP contribution is 1.95. The lowest BCUT2D eigenvalue weighted by Gasteiger charge is -2.04. The van der Waals surface area contributed by atoms with Crippen LogP contribution in [0.3, 0.4) is 0 Å². The van der Waals surface area contributed by atoms with Crippen molar-refractivity contribution in [3.8, 4) is 0 Å². The summed E-state index contributed by atoms with van der Waals surface area (Å²) in [5.41, 5.74) is 5.05. The van der Waals surface area contributed by atoms with E-state index in [1.165, 1.54) is 0 Å². The molecule has 0 aromatic heterocycles. The summed E-state index contributed by atoms with van der Waals surface area (Å²) in [6.45, 7) is 5.09. The van der Waals surface area contributed by atoms with E-state index < -0.39 is 0 Å². The van der Waals surface area contributed by atoms with Gasteiger partial charge in [-0.3, -0.25) is 5.41 Å². The quantitative estimate of drug-likeness (QED) is 0.384. The molecular formula is C6H15N3. The van der Waals surface area contributed by atoms with E-state index in [2.05, 4.69) is 19.2 Å². The second-order valence-corrected chi connectivity index (χ2v) is 2.52. The highest BCUT2D eigenvalue weighted by atomic mass is 15.0. The predicted octanol–water partition coefficient (Wildman–Crippen LogP) is 0.516. The average Bonchev–Trinajstić information content (AvgIpc) is 1.63. The molecule has 0 saturated heterocycles. The normalized spacial score (nSPS) is 9.67. The van der Waals surface area contributed by atoms with Gasteiger partial charge in [0.05, 0.1) is 0 Å². The van der Waals surface area contributed by atoms with Crippen molar-refractivity contribution in [3.63, 3.8) is 0 Å². The Kier molecular flexibility index (Phi) is 3.84. The fourth-order valence-electron chi connectivity index (χ4n) is 0.496. The van der Waals surface area contributed by atoms with Crippen LogP contribution in [0.2, 0.25) is 0 Å². The Morgan fingerprint density at radius 2 is 2.22 bits per heavy atom. The van der Waals surface area contributed by atoms with Crippen LogP contribution in [0.1, 0.15) is 20.3 Å². The standard InChI is InChI=1S/C6H15N3/c1-5(2)3-4-9-6(7)8/h5H,3-4H2,1-2H3,(H4,7,8,9). The van der Waals surface area contributed by atoms with Crippen LogP contribution in [0.25, 0.3) is 0 Å². The highest BCUT2D eigenvalue weighted by molar-refractivity contribution is 5.74. The minimum Gasteiger partial charge on any atom is -0.370 e. The molecule has 0 aliphatic heterocycles. The zero-order valence-electron chi connectivity index (χ0n) is 6.07. The third-order valence-corrected chi connectivity index (χ3v) is 1.04. The predicted molar refractivity (Wildman–Crippen MR) is 39.4 cm³/mol. The third-order valence-electron chi connectivity index (χ3n) is 1.04. The van der Waals surface area contributed by atoms with Crippen LogP contribution < -0.4 is 11.1 Å². The minimum atomic E-state index is 0.0654. The van der Waals surface area contributed by atoms with Crippen molar-refractivity contribution in [2.45, 2.75) is 20.3 Å². The van der Waals surface area contributed by atoms with E-state index in [9.17, 15) is 0 Å². The Hall–Kier alpha value is -0.730. The van der Waals surface area contributed by atoms with Crippen molar-refractivity contribution in [2.24, 2.45) is 11.7 Å². The van der Waals surface area contributed by atoms with Gasteiger partial charge >= 0.3 is 0 Å². The molecule has 0 heterocycles. The van der Waals surface area contributed by atoms with Gasteiger partial charge in [-0.15, -0.1) is 0 Å². The summed E-state index contributed by atoms with van der Waals surface area (Å²) in [7, 11) is 0. The molecule has 0 rings (SSSR count). The Morgan fingerprint density at radius 3 is 2.56 bits per heavy atom. The molecule has 0 atom stereocenters. The Morgan fingerprint density at radius 1 is 1.67 bits per heavy atom. The molecule has 0 fully saturated rings. The minimum absolute atomic E-state index is 0.0654. The van der Waals surface area contributed by atoms with Gasteiger partial charge < -0.3 is 11.1 Å². The summed E-state index contributed by atoms with van der Waals surface area (Å²) < 4.78 is 0.